The number of nitrogens with one attached hydrogen (secondary N) is 2. The van der Waals surface area contributed by atoms with Crippen LogP contribution in [0.3, 0.4) is 0 Å². The number of amides is 3. The van der Waals surface area contributed by atoms with E-state index in [2.05, 4.69) is 15.6 Å². The molecule has 0 radical (unpaired) electrons. The number of rotatable bonds is 16. The van der Waals surface area contributed by atoms with Gasteiger partial charge in [-0.05, 0) is 85.5 Å². The molecule has 0 bridgehead atoms. The van der Waals surface area contributed by atoms with E-state index >= 15 is 0 Å². The number of phenolic OH excluding ortho intramolecular Hbond substituents is 1. The van der Waals surface area contributed by atoms with Crippen LogP contribution in [0, 0.1) is 6.92 Å². The molecule has 1 aromatic heterocycles. The number of esters is 1. The minimum atomic E-state index is -1.12. The summed E-state index contributed by atoms with van der Waals surface area (Å²) in [5.74, 6) is -0.943. The number of carbonyl (C=O) groups is 4. The number of nitrogens with zero attached hydrogens (tertiary/aromatic N) is 2. The molecule has 57 heavy (non-hydrogen) atoms. The van der Waals surface area contributed by atoms with Crippen LogP contribution >= 0.6 is 0 Å². The molecule has 4 aromatic carbocycles. The third-order valence-electron chi connectivity index (χ3n) is 9.06. The molecule has 5 aromatic rings. The number of hydrogen-bond donors (Lipinski definition) is 3. The molecule has 1 heterocycles. The molecule has 0 aliphatic rings. The summed E-state index contributed by atoms with van der Waals surface area (Å²) < 4.78 is 16.5. The summed E-state index contributed by atoms with van der Waals surface area (Å²) in [4.78, 5) is 59.0. The number of ether oxygens (including phenoxy) is 3. The van der Waals surface area contributed by atoms with Gasteiger partial charge >= 0.3 is 12.1 Å². The van der Waals surface area contributed by atoms with E-state index in [1.807, 2.05) is 97.9 Å². The zero-order valence-corrected chi connectivity index (χ0v) is 33.0. The molecule has 0 saturated heterocycles. The molecule has 0 saturated carbocycles. The normalized spacial score (nSPS) is 12.3. The summed E-state index contributed by atoms with van der Waals surface area (Å²) in [7, 11) is 1.28. The number of pyridine rings is 1. The summed E-state index contributed by atoms with van der Waals surface area (Å²) in [6.45, 7) is 7.40. The van der Waals surface area contributed by atoms with Crippen LogP contribution in [-0.4, -0.2) is 65.9 Å². The van der Waals surface area contributed by atoms with Crippen LogP contribution in [0.4, 0.5) is 10.6 Å². The Morgan fingerprint density at radius 2 is 1.56 bits per heavy atom. The first-order valence-corrected chi connectivity index (χ1v) is 18.8. The van der Waals surface area contributed by atoms with Gasteiger partial charge in [0, 0.05) is 24.5 Å². The smallest absolute Gasteiger partial charge is 0.416 e. The van der Waals surface area contributed by atoms with Gasteiger partial charge in [-0.1, -0.05) is 84.9 Å². The molecular formula is C45H50N4O8. The largest absolute Gasteiger partial charge is 0.507 e. The Morgan fingerprint density at radius 1 is 0.860 bits per heavy atom. The Morgan fingerprint density at radius 3 is 2.25 bits per heavy atom. The molecule has 0 aliphatic heterocycles. The number of aromatic hydroxyl groups is 1. The second kappa shape index (κ2) is 19.5. The van der Waals surface area contributed by atoms with E-state index in [4.69, 9.17) is 14.2 Å². The van der Waals surface area contributed by atoms with Crippen LogP contribution < -0.4 is 15.5 Å². The average Bonchev–Trinajstić information content (AvgIpc) is 3.19. The predicted octanol–water partition coefficient (Wildman–Crippen LogP) is 7.56. The van der Waals surface area contributed by atoms with Crippen molar-refractivity contribution in [1.82, 2.24) is 15.6 Å². The second-order valence-electron chi connectivity index (χ2n) is 14.7. The number of carbonyl (C=O) groups excluding carboxylic acids is 4. The van der Waals surface area contributed by atoms with E-state index in [1.165, 1.54) is 12.0 Å². The number of anilines is 1. The highest BCUT2D eigenvalue weighted by molar-refractivity contribution is 6.00. The second-order valence-corrected chi connectivity index (χ2v) is 14.7. The molecule has 298 valence electrons. The Hall–Kier alpha value is -6.27. The van der Waals surface area contributed by atoms with Crippen molar-refractivity contribution in [2.45, 2.75) is 71.2 Å². The van der Waals surface area contributed by atoms with Crippen LogP contribution in [0.5, 0.6) is 5.75 Å². The maximum absolute atomic E-state index is 14.0. The highest BCUT2D eigenvalue weighted by atomic mass is 16.6. The first-order chi connectivity index (χ1) is 27.3. The van der Waals surface area contributed by atoms with Crippen molar-refractivity contribution in [2.75, 3.05) is 25.2 Å². The van der Waals surface area contributed by atoms with E-state index in [1.54, 1.807) is 39.1 Å². The molecule has 2 atom stereocenters. The van der Waals surface area contributed by atoms with Crippen LogP contribution in [0.25, 0.3) is 21.9 Å². The SMILES string of the molecule is COC(=O)C[C@H](NC(=O)[C@H](COCc1ccccc1)NC(=O)CCCN(C(=O)OC(C)(C)C)c1cc(C)ccn1)c1ccc(-c2ccc(O)c3ccccc23)cc1. The minimum Gasteiger partial charge on any atom is -0.507 e. The molecule has 12 nitrogen and oxygen atoms in total. The van der Waals surface area contributed by atoms with Gasteiger partial charge in [-0.25, -0.2) is 9.78 Å². The number of aryl methyl sites for hydroxylation is 1. The molecular weight excluding hydrogens is 725 g/mol. The van der Waals surface area contributed by atoms with Crippen molar-refractivity contribution >= 4 is 40.5 Å². The Balaban J connectivity index is 1.31. The summed E-state index contributed by atoms with van der Waals surface area (Å²) in [6, 6.07) is 29.6. The van der Waals surface area contributed by atoms with Gasteiger partial charge in [-0.2, -0.15) is 0 Å². The average molecular weight is 775 g/mol. The van der Waals surface area contributed by atoms with Crippen LogP contribution in [0.1, 0.15) is 62.8 Å². The highest BCUT2D eigenvalue weighted by Gasteiger charge is 2.28. The van der Waals surface area contributed by atoms with Gasteiger partial charge in [-0.15, -0.1) is 0 Å². The Labute approximate surface area is 333 Å². The van der Waals surface area contributed by atoms with E-state index in [-0.39, 0.29) is 44.8 Å². The number of benzene rings is 4. The fraction of sp³-hybridized carbons (Fsp3) is 0.311. The number of aromatic nitrogens is 1. The van der Waals surface area contributed by atoms with Crippen LogP contribution in [0.15, 0.2) is 109 Å². The number of hydrogen-bond acceptors (Lipinski definition) is 9. The summed E-state index contributed by atoms with van der Waals surface area (Å²) >= 11 is 0. The van der Waals surface area contributed by atoms with Crippen molar-refractivity contribution in [1.29, 1.82) is 0 Å². The van der Waals surface area contributed by atoms with Crippen molar-refractivity contribution in [3.8, 4) is 16.9 Å². The van der Waals surface area contributed by atoms with E-state index in [0.717, 1.165) is 33.0 Å². The maximum Gasteiger partial charge on any atom is 0.416 e. The van der Waals surface area contributed by atoms with Crippen molar-refractivity contribution in [3.05, 3.63) is 126 Å². The van der Waals surface area contributed by atoms with E-state index < -0.39 is 41.6 Å². The first kappa shape index (κ1) is 41.9. The van der Waals surface area contributed by atoms with Crippen LogP contribution in [-0.2, 0) is 35.2 Å². The monoisotopic (exact) mass is 774 g/mol. The third-order valence-corrected chi connectivity index (χ3v) is 9.06. The van der Waals surface area contributed by atoms with Crippen molar-refractivity contribution < 1.29 is 38.5 Å². The fourth-order valence-corrected chi connectivity index (χ4v) is 6.20. The lowest BCUT2D eigenvalue weighted by atomic mass is 9.95. The molecule has 0 unspecified atom stereocenters. The molecule has 0 fully saturated rings. The molecule has 3 N–H and O–H groups in total. The van der Waals surface area contributed by atoms with Gasteiger partial charge in [0.2, 0.25) is 11.8 Å². The maximum atomic E-state index is 14.0. The minimum absolute atomic E-state index is 0.0213. The number of methoxy groups -OCH3 is 1. The molecule has 5 rings (SSSR count). The molecule has 12 heteroatoms. The van der Waals surface area contributed by atoms with Crippen molar-refractivity contribution in [3.63, 3.8) is 0 Å². The molecule has 3 amide bonds. The Kier molecular flexibility index (Phi) is 14.4. The van der Waals surface area contributed by atoms with Gasteiger partial charge < -0.3 is 30.0 Å². The Bertz CT molecular complexity index is 2150. The van der Waals surface area contributed by atoms with Gasteiger partial charge in [0.25, 0.3) is 0 Å². The van der Waals surface area contributed by atoms with Crippen molar-refractivity contribution in [2.24, 2.45) is 0 Å². The third kappa shape index (κ3) is 12.1. The lowest BCUT2D eigenvalue weighted by molar-refractivity contribution is -0.141. The van der Waals surface area contributed by atoms with E-state index in [0.29, 0.717) is 11.4 Å². The highest BCUT2D eigenvalue weighted by Crippen LogP contribution is 2.34. The van der Waals surface area contributed by atoms with Gasteiger partial charge in [0.15, 0.2) is 0 Å². The molecule has 0 aliphatic carbocycles. The summed E-state index contributed by atoms with van der Waals surface area (Å²) in [5, 5.41) is 17.7. The van der Waals surface area contributed by atoms with E-state index in [9.17, 15) is 24.3 Å². The summed E-state index contributed by atoms with van der Waals surface area (Å²) in [5.41, 5.74) is 3.48. The topological polar surface area (TPSA) is 156 Å². The zero-order valence-electron chi connectivity index (χ0n) is 33.0. The van der Waals surface area contributed by atoms with Gasteiger partial charge in [-0.3, -0.25) is 19.3 Å². The predicted molar refractivity (Wildman–Crippen MR) is 218 cm³/mol. The standard InChI is InChI=1S/C45H50N4O8/c1-30-23-24-46-40(26-30)49(44(54)57-45(2,3)4)25-11-16-41(51)47-38(29-56-28-31-12-7-6-8-13-31)43(53)48-37(27-42(52)55-5)33-19-17-32(18-20-33)34-21-22-39(50)36-15-10-9-14-35(34)36/h6-10,12-15,17-24,26,37-38,50H,11,16,25,27-29H2,1-5H3,(H,47,51)(H,48,53)/t37-,38-/m0/s1. The van der Waals surface area contributed by atoms with Crippen LogP contribution in [0.2, 0.25) is 0 Å². The summed E-state index contributed by atoms with van der Waals surface area (Å²) in [6.07, 6.45) is 1.07. The van der Waals surface area contributed by atoms with Gasteiger partial charge in [0.05, 0.1) is 32.8 Å². The lowest BCUT2D eigenvalue weighted by Gasteiger charge is -2.27. The lowest BCUT2D eigenvalue weighted by Crippen LogP contribution is -2.50. The number of fused-ring (bicyclic) bond motifs is 1. The fourth-order valence-electron chi connectivity index (χ4n) is 6.20. The zero-order chi connectivity index (χ0) is 41.0. The first-order valence-electron chi connectivity index (χ1n) is 18.8. The molecule has 0 spiro atoms. The number of phenols is 1. The quantitative estimate of drug-likeness (QED) is 0.0862. The van der Waals surface area contributed by atoms with Gasteiger partial charge in [0.1, 0.15) is 23.2 Å².